The molecule has 0 aliphatic heterocycles. The molecule has 78 valence electrons. The Labute approximate surface area is 86.0 Å². The van der Waals surface area contributed by atoms with Crippen molar-refractivity contribution in [2.24, 2.45) is 5.73 Å². The second kappa shape index (κ2) is 3.70. The summed E-state index contributed by atoms with van der Waals surface area (Å²) in [7, 11) is 0. The van der Waals surface area contributed by atoms with E-state index in [0.29, 0.717) is 12.1 Å². The summed E-state index contributed by atoms with van der Waals surface area (Å²) in [5.74, 6) is 0. The fourth-order valence-corrected chi connectivity index (χ4v) is 1.71. The minimum Gasteiger partial charge on any atom is -0.355 e. The van der Waals surface area contributed by atoms with Crippen LogP contribution >= 0.6 is 0 Å². The van der Waals surface area contributed by atoms with Gasteiger partial charge in [0.15, 0.2) is 0 Å². The van der Waals surface area contributed by atoms with E-state index < -0.39 is 0 Å². The predicted octanol–water partition coefficient (Wildman–Crippen LogP) is 1.58. The number of hydrogen-bond donors (Lipinski definition) is 2. The standard InChI is InChI=1S/C10H11N3O2/c11-5-4-7-6-12-10-8(7)2-1-3-9(10)13(14)15/h1-3,6,12H,4-5,11H2. The third kappa shape index (κ3) is 1.57. The molecule has 5 heteroatoms. The molecule has 5 nitrogen and oxygen atoms in total. The summed E-state index contributed by atoms with van der Waals surface area (Å²) >= 11 is 0. The van der Waals surface area contributed by atoms with Gasteiger partial charge in [-0.1, -0.05) is 12.1 Å². The second-order valence-corrected chi connectivity index (χ2v) is 3.31. The van der Waals surface area contributed by atoms with Gasteiger partial charge in [-0.25, -0.2) is 0 Å². The van der Waals surface area contributed by atoms with Crippen molar-refractivity contribution in [3.8, 4) is 0 Å². The molecular formula is C10H11N3O2. The zero-order chi connectivity index (χ0) is 10.8. The molecule has 3 N–H and O–H groups in total. The molecule has 15 heavy (non-hydrogen) atoms. The number of nitrogens with zero attached hydrogens (tertiary/aromatic N) is 1. The lowest BCUT2D eigenvalue weighted by Gasteiger charge is -1.96. The highest BCUT2D eigenvalue weighted by molar-refractivity contribution is 5.90. The van der Waals surface area contributed by atoms with E-state index in [0.717, 1.165) is 17.4 Å². The number of rotatable bonds is 3. The van der Waals surface area contributed by atoms with Crippen molar-refractivity contribution in [3.05, 3.63) is 40.1 Å². The Morgan fingerprint density at radius 3 is 2.93 bits per heavy atom. The highest BCUT2D eigenvalue weighted by Crippen LogP contribution is 2.26. The van der Waals surface area contributed by atoms with E-state index >= 15 is 0 Å². The molecule has 2 rings (SSSR count). The number of fused-ring (bicyclic) bond motifs is 1. The van der Waals surface area contributed by atoms with Crippen molar-refractivity contribution >= 4 is 16.6 Å². The quantitative estimate of drug-likeness (QED) is 0.589. The summed E-state index contributed by atoms with van der Waals surface area (Å²) in [6.07, 6.45) is 2.51. The van der Waals surface area contributed by atoms with E-state index in [1.54, 1.807) is 12.3 Å². The summed E-state index contributed by atoms with van der Waals surface area (Å²) in [6, 6.07) is 5.04. The molecule has 0 amide bonds. The first-order chi connectivity index (χ1) is 7.24. The smallest absolute Gasteiger partial charge is 0.293 e. The van der Waals surface area contributed by atoms with Crippen LogP contribution in [0.1, 0.15) is 5.56 Å². The van der Waals surface area contributed by atoms with E-state index in [4.69, 9.17) is 5.73 Å². The number of H-pyrrole nitrogens is 1. The number of para-hydroxylation sites is 1. The monoisotopic (exact) mass is 205 g/mol. The number of hydrogen-bond acceptors (Lipinski definition) is 3. The van der Waals surface area contributed by atoms with Crippen LogP contribution in [-0.4, -0.2) is 16.5 Å². The lowest BCUT2D eigenvalue weighted by molar-refractivity contribution is -0.383. The van der Waals surface area contributed by atoms with Gasteiger partial charge in [0.05, 0.1) is 4.92 Å². The molecule has 0 saturated carbocycles. The van der Waals surface area contributed by atoms with Crippen LogP contribution in [0.3, 0.4) is 0 Å². The molecule has 0 saturated heterocycles. The summed E-state index contributed by atoms with van der Waals surface area (Å²) in [5, 5.41) is 11.6. The molecule has 1 aromatic carbocycles. The Hall–Kier alpha value is -1.88. The Morgan fingerprint density at radius 1 is 1.47 bits per heavy atom. The number of nitrogens with two attached hydrogens (primary N) is 1. The van der Waals surface area contributed by atoms with Gasteiger partial charge in [0.2, 0.25) is 0 Å². The zero-order valence-electron chi connectivity index (χ0n) is 8.06. The topological polar surface area (TPSA) is 85.0 Å². The number of nitro groups is 1. The van der Waals surface area contributed by atoms with Gasteiger partial charge in [0.25, 0.3) is 5.69 Å². The molecular weight excluding hydrogens is 194 g/mol. The maximum atomic E-state index is 10.7. The van der Waals surface area contributed by atoms with Gasteiger partial charge in [0, 0.05) is 17.6 Å². The Balaban J connectivity index is 2.63. The molecule has 0 bridgehead atoms. The van der Waals surface area contributed by atoms with E-state index in [9.17, 15) is 10.1 Å². The van der Waals surface area contributed by atoms with Gasteiger partial charge in [-0.2, -0.15) is 0 Å². The van der Waals surface area contributed by atoms with Crippen molar-refractivity contribution in [3.63, 3.8) is 0 Å². The third-order valence-corrected chi connectivity index (χ3v) is 2.39. The van der Waals surface area contributed by atoms with Crippen molar-refractivity contribution in [1.82, 2.24) is 4.98 Å². The first kappa shape index (κ1) is 9.67. The third-order valence-electron chi connectivity index (χ3n) is 2.39. The van der Waals surface area contributed by atoms with Crippen LogP contribution in [0.25, 0.3) is 10.9 Å². The fraction of sp³-hybridized carbons (Fsp3) is 0.200. The Bertz CT molecular complexity index is 504. The summed E-state index contributed by atoms with van der Waals surface area (Å²) in [6.45, 7) is 0.537. The molecule has 0 aliphatic carbocycles. The molecule has 1 heterocycles. The van der Waals surface area contributed by atoms with Gasteiger partial charge < -0.3 is 10.7 Å². The Morgan fingerprint density at radius 2 is 2.27 bits per heavy atom. The number of aromatic nitrogens is 1. The molecule has 1 aromatic heterocycles. The Kier molecular flexibility index (Phi) is 2.39. The fourth-order valence-electron chi connectivity index (χ4n) is 1.71. The van der Waals surface area contributed by atoms with E-state index in [2.05, 4.69) is 4.98 Å². The largest absolute Gasteiger partial charge is 0.355 e. The van der Waals surface area contributed by atoms with Crippen molar-refractivity contribution in [1.29, 1.82) is 0 Å². The van der Waals surface area contributed by atoms with Crippen LogP contribution in [0.5, 0.6) is 0 Å². The molecule has 0 fully saturated rings. The van der Waals surface area contributed by atoms with Crippen LogP contribution in [0, 0.1) is 10.1 Å². The van der Waals surface area contributed by atoms with Crippen LogP contribution in [0.2, 0.25) is 0 Å². The highest BCUT2D eigenvalue weighted by atomic mass is 16.6. The lowest BCUT2D eigenvalue weighted by Crippen LogP contribution is -2.01. The minimum atomic E-state index is -0.384. The molecule has 0 aliphatic rings. The summed E-state index contributed by atoms with van der Waals surface area (Å²) in [5.41, 5.74) is 7.17. The van der Waals surface area contributed by atoms with Gasteiger partial charge in [-0.15, -0.1) is 0 Å². The van der Waals surface area contributed by atoms with Gasteiger partial charge in [-0.3, -0.25) is 10.1 Å². The van der Waals surface area contributed by atoms with Gasteiger partial charge in [-0.05, 0) is 18.5 Å². The number of non-ortho nitro benzene ring substituents is 1. The van der Waals surface area contributed by atoms with Crippen molar-refractivity contribution in [2.75, 3.05) is 6.54 Å². The van der Waals surface area contributed by atoms with Crippen molar-refractivity contribution in [2.45, 2.75) is 6.42 Å². The zero-order valence-corrected chi connectivity index (χ0v) is 8.06. The second-order valence-electron chi connectivity index (χ2n) is 3.31. The van der Waals surface area contributed by atoms with Gasteiger partial charge >= 0.3 is 0 Å². The van der Waals surface area contributed by atoms with E-state index in [1.165, 1.54) is 6.07 Å². The molecule has 2 aromatic rings. The summed E-state index contributed by atoms with van der Waals surface area (Å²) < 4.78 is 0. The molecule has 0 radical (unpaired) electrons. The average Bonchev–Trinajstić information content (AvgIpc) is 2.62. The number of benzene rings is 1. The predicted molar refractivity (Wildman–Crippen MR) is 57.7 cm³/mol. The summed E-state index contributed by atoms with van der Waals surface area (Å²) in [4.78, 5) is 13.3. The minimum absolute atomic E-state index is 0.107. The average molecular weight is 205 g/mol. The van der Waals surface area contributed by atoms with Crippen LogP contribution < -0.4 is 5.73 Å². The number of aromatic amines is 1. The van der Waals surface area contributed by atoms with E-state index in [-0.39, 0.29) is 10.6 Å². The van der Waals surface area contributed by atoms with Crippen LogP contribution in [0.4, 0.5) is 5.69 Å². The number of nitrogens with one attached hydrogen (secondary N) is 1. The molecule has 0 atom stereocenters. The molecule has 0 spiro atoms. The SMILES string of the molecule is NCCc1c[nH]c2c([N+](=O)[O-])cccc12. The van der Waals surface area contributed by atoms with Gasteiger partial charge in [0.1, 0.15) is 5.52 Å². The van der Waals surface area contributed by atoms with Crippen LogP contribution in [-0.2, 0) is 6.42 Å². The van der Waals surface area contributed by atoms with Crippen LogP contribution in [0.15, 0.2) is 24.4 Å². The number of nitro benzene ring substituents is 1. The maximum Gasteiger partial charge on any atom is 0.293 e. The lowest BCUT2D eigenvalue weighted by atomic mass is 10.1. The maximum absolute atomic E-state index is 10.7. The van der Waals surface area contributed by atoms with E-state index in [1.807, 2.05) is 6.07 Å². The van der Waals surface area contributed by atoms with Crippen molar-refractivity contribution < 1.29 is 4.92 Å². The first-order valence-corrected chi connectivity index (χ1v) is 4.67. The first-order valence-electron chi connectivity index (χ1n) is 4.67. The normalized spacial score (nSPS) is 10.7. The molecule has 0 unspecified atom stereocenters. The highest BCUT2D eigenvalue weighted by Gasteiger charge is 2.14.